The van der Waals surface area contributed by atoms with Gasteiger partial charge in [0, 0.05) is 0 Å². The first-order valence-electron chi connectivity index (χ1n) is 12.4. The number of benzene rings is 1. The topological polar surface area (TPSA) is 89.4 Å². The van der Waals surface area contributed by atoms with Gasteiger partial charge in [0.1, 0.15) is 0 Å². The van der Waals surface area contributed by atoms with E-state index in [0.29, 0.717) is 11.5 Å². The van der Waals surface area contributed by atoms with Gasteiger partial charge in [-0.25, -0.2) is 0 Å². The maximum atomic E-state index is 11.5. The van der Waals surface area contributed by atoms with Crippen LogP contribution in [0.25, 0.3) is 0 Å². The lowest BCUT2D eigenvalue weighted by Crippen LogP contribution is -2.06. The normalized spacial score (nSPS) is 12.5. The van der Waals surface area contributed by atoms with E-state index in [2.05, 4.69) is 13.8 Å². The highest BCUT2D eigenvalue weighted by Gasteiger charge is 2.18. The SMILES string of the molecule is CCCCCCCCCCCCCCCCC(C)c1ccc(S(=O)(=O)O)c(C)c1C.N. The smallest absolute Gasteiger partial charge is 0.294 e. The summed E-state index contributed by atoms with van der Waals surface area (Å²) < 4.78 is 32.3. The van der Waals surface area contributed by atoms with Crippen LogP contribution in [-0.2, 0) is 10.1 Å². The highest BCUT2D eigenvalue weighted by Crippen LogP contribution is 2.30. The molecule has 4 nitrogen and oxygen atoms in total. The fourth-order valence-electron chi connectivity index (χ4n) is 4.43. The van der Waals surface area contributed by atoms with Gasteiger partial charge in [-0.15, -0.1) is 0 Å². The predicted molar refractivity (Wildman–Crippen MR) is 134 cm³/mol. The molecule has 0 amide bonds. The third kappa shape index (κ3) is 12.1. The van der Waals surface area contributed by atoms with E-state index >= 15 is 0 Å². The van der Waals surface area contributed by atoms with Crippen LogP contribution in [0, 0.1) is 13.8 Å². The summed E-state index contributed by atoms with van der Waals surface area (Å²) in [4.78, 5) is 0.0347. The summed E-state index contributed by atoms with van der Waals surface area (Å²) in [5.74, 6) is 0.413. The first-order chi connectivity index (χ1) is 14.3. The largest absolute Gasteiger partial charge is 0.344 e. The minimum Gasteiger partial charge on any atom is -0.344 e. The van der Waals surface area contributed by atoms with Gasteiger partial charge in [-0.3, -0.25) is 4.55 Å². The molecule has 1 unspecified atom stereocenters. The van der Waals surface area contributed by atoms with Crippen molar-refractivity contribution in [3.8, 4) is 0 Å². The first-order valence-corrected chi connectivity index (χ1v) is 13.8. The fraction of sp³-hybridized carbons (Fsp3) is 0.769. The zero-order valence-corrected chi connectivity index (χ0v) is 21.5. The van der Waals surface area contributed by atoms with Crippen molar-refractivity contribution in [2.45, 2.75) is 135 Å². The van der Waals surface area contributed by atoms with Gasteiger partial charge in [0.15, 0.2) is 0 Å². The molecule has 1 rings (SSSR count). The average molecular weight is 456 g/mol. The zero-order valence-electron chi connectivity index (χ0n) is 20.7. The van der Waals surface area contributed by atoms with E-state index < -0.39 is 10.1 Å². The van der Waals surface area contributed by atoms with Crippen molar-refractivity contribution in [3.05, 3.63) is 28.8 Å². The third-order valence-electron chi connectivity index (χ3n) is 6.58. The molecule has 0 aromatic heterocycles. The van der Waals surface area contributed by atoms with Gasteiger partial charge >= 0.3 is 0 Å². The lowest BCUT2D eigenvalue weighted by molar-refractivity contribution is 0.482. The molecule has 182 valence electrons. The molecular formula is C26H49NO3S. The molecule has 0 heterocycles. The van der Waals surface area contributed by atoms with Crippen molar-refractivity contribution in [3.63, 3.8) is 0 Å². The van der Waals surface area contributed by atoms with Gasteiger partial charge in [0.25, 0.3) is 10.1 Å². The molecule has 0 bridgehead atoms. The molecule has 0 saturated heterocycles. The standard InChI is InChI=1S/C26H46O3S.H3N/c1-5-6-7-8-9-10-11-12-13-14-15-16-17-18-19-22(2)25-20-21-26(30(27,28)29)24(4)23(25)3;/h20-22H,5-19H2,1-4H3,(H,27,28,29);1H3. The van der Waals surface area contributed by atoms with E-state index in [1.54, 1.807) is 13.0 Å². The maximum Gasteiger partial charge on any atom is 0.294 e. The van der Waals surface area contributed by atoms with Crippen LogP contribution in [0.15, 0.2) is 17.0 Å². The Morgan fingerprint density at radius 1 is 0.742 bits per heavy atom. The van der Waals surface area contributed by atoms with E-state index in [4.69, 9.17) is 0 Å². The van der Waals surface area contributed by atoms with E-state index in [-0.39, 0.29) is 11.0 Å². The average Bonchev–Trinajstić information content (AvgIpc) is 2.69. The molecule has 0 fully saturated rings. The Bertz CT molecular complexity index is 701. The Balaban J connectivity index is 0.00000900. The molecule has 5 heteroatoms. The van der Waals surface area contributed by atoms with Crippen molar-refractivity contribution in [2.24, 2.45) is 0 Å². The lowest BCUT2D eigenvalue weighted by atomic mass is 9.89. The van der Waals surface area contributed by atoms with Crippen molar-refractivity contribution >= 4 is 10.1 Å². The summed E-state index contributed by atoms with van der Waals surface area (Å²) in [6, 6.07) is 3.43. The van der Waals surface area contributed by atoms with Gasteiger partial charge < -0.3 is 6.15 Å². The molecular weight excluding hydrogens is 406 g/mol. The molecule has 0 aliphatic rings. The highest BCUT2D eigenvalue weighted by molar-refractivity contribution is 7.85. The van der Waals surface area contributed by atoms with Crippen LogP contribution in [0.1, 0.15) is 133 Å². The molecule has 1 atom stereocenters. The van der Waals surface area contributed by atoms with Crippen LogP contribution in [0.2, 0.25) is 0 Å². The summed E-state index contributed by atoms with van der Waals surface area (Å²) in [5.41, 5.74) is 2.86. The van der Waals surface area contributed by atoms with Crippen molar-refractivity contribution in [1.82, 2.24) is 6.15 Å². The monoisotopic (exact) mass is 455 g/mol. The predicted octanol–water partition coefficient (Wildman–Crippen LogP) is 8.69. The number of hydrogen-bond donors (Lipinski definition) is 2. The second kappa shape index (κ2) is 16.7. The van der Waals surface area contributed by atoms with Crippen molar-refractivity contribution in [1.29, 1.82) is 0 Å². The molecule has 0 aliphatic carbocycles. The maximum absolute atomic E-state index is 11.5. The minimum absolute atomic E-state index is 0. The van der Waals surface area contributed by atoms with Gasteiger partial charge in [-0.1, -0.05) is 110 Å². The molecule has 0 radical (unpaired) electrons. The summed E-state index contributed by atoms with van der Waals surface area (Å²) in [5, 5.41) is 0. The Kier molecular flexibility index (Phi) is 16.2. The summed E-state index contributed by atoms with van der Waals surface area (Å²) in [7, 11) is -4.14. The quantitative estimate of drug-likeness (QED) is 0.181. The molecule has 0 saturated carbocycles. The fourth-order valence-corrected chi connectivity index (χ4v) is 5.21. The highest BCUT2D eigenvalue weighted by atomic mass is 32.2. The van der Waals surface area contributed by atoms with Crippen LogP contribution < -0.4 is 6.15 Å². The number of hydrogen-bond acceptors (Lipinski definition) is 3. The van der Waals surface area contributed by atoms with E-state index in [1.807, 2.05) is 13.0 Å². The zero-order chi connectivity index (χ0) is 22.4. The molecule has 1 aromatic rings. The first kappa shape index (κ1) is 30.1. The summed E-state index contributed by atoms with van der Waals surface area (Å²) in [6.45, 7) is 8.23. The van der Waals surface area contributed by atoms with Crippen LogP contribution in [0.5, 0.6) is 0 Å². The van der Waals surface area contributed by atoms with Crippen molar-refractivity contribution < 1.29 is 13.0 Å². The van der Waals surface area contributed by atoms with E-state index in [1.165, 1.54) is 95.5 Å². The number of rotatable bonds is 17. The summed E-state index contributed by atoms with van der Waals surface area (Å²) >= 11 is 0. The molecule has 0 spiro atoms. The minimum atomic E-state index is -4.14. The van der Waals surface area contributed by atoms with E-state index in [0.717, 1.165) is 12.0 Å². The van der Waals surface area contributed by atoms with Gasteiger partial charge in [-0.2, -0.15) is 8.42 Å². The molecule has 4 N–H and O–H groups in total. The molecule has 1 aromatic carbocycles. The second-order valence-electron chi connectivity index (χ2n) is 9.16. The lowest BCUT2D eigenvalue weighted by Gasteiger charge is -2.18. The Morgan fingerprint density at radius 3 is 1.58 bits per heavy atom. The Morgan fingerprint density at radius 2 is 1.16 bits per heavy atom. The van der Waals surface area contributed by atoms with Crippen LogP contribution in [0.3, 0.4) is 0 Å². The Hall–Kier alpha value is -0.910. The van der Waals surface area contributed by atoms with Crippen LogP contribution in [-0.4, -0.2) is 13.0 Å². The second-order valence-corrected chi connectivity index (χ2v) is 10.6. The van der Waals surface area contributed by atoms with Gasteiger partial charge in [0.05, 0.1) is 4.90 Å². The molecule has 31 heavy (non-hydrogen) atoms. The third-order valence-corrected chi connectivity index (χ3v) is 7.58. The van der Waals surface area contributed by atoms with E-state index in [9.17, 15) is 13.0 Å². The van der Waals surface area contributed by atoms with Gasteiger partial charge in [-0.05, 0) is 48.9 Å². The van der Waals surface area contributed by atoms with Crippen LogP contribution >= 0.6 is 0 Å². The molecule has 0 aliphatic heterocycles. The summed E-state index contributed by atoms with van der Waals surface area (Å²) in [6.07, 6.45) is 20.3. The van der Waals surface area contributed by atoms with Crippen LogP contribution in [0.4, 0.5) is 0 Å². The van der Waals surface area contributed by atoms with Crippen molar-refractivity contribution in [2.75, 3.05) is 0 Å². The number of unbranched alkanes of at least 4 members (excludes halogenated alkanes) is 13. The van der Waals surface area contributed by atoms with Gasteiger partial charge in [0.2, 0.25) is 0 Å². The Labute approximate surface area is 192 Å².